The van der Waals surface area contributed by atoms with Gasteiger partial charge in [0.25, 0.3) is 11.8 Å². The molecule has 2 unspecified atom stereocenters. The van der Waals surface area contributed by atoms with E-state index in [4.69, 9.17) is 16.4 Å². The molecule has 150 valence electrons. The number of hydrogen-bond acceptors (Lipinski definition) is 4. The van der Waals surface area contributed by atoms with E-state index in [0.29, 0.717) is 5.56 Å². The number of pyridine rings is 1. The van der Waals surface area contributed by atoms with Gasteiger partial charge in [-0.3, -0.25) is 14.4 Å². The lowest BCUT2D eigenvalue weighted by molar-refractivity contribution is -0.154. The molecule has 2 amide bonds. The van der Waals surface area contributed by atoms with E-state index >= 15 is 0 Å². The fraction of sp³-hybridized carbons (Fsp3) is 0.316. The van der Waals surface area contributed by atoms with Crippen molar-refractivity contribution in [3.63, 3.8) is 0 Å². The topological polar surface area (TPSA) is 80.3 Å². The maximum absolute atomic E-state index is 14.4. The van der Waals surface area contributed by atoms with Crippen molar-refractivity contribution in [1.82, 2.24) is 10.5 Å². The van der Waals surface area contributed by atoms with Crippen LogP contribution in [-0.2, 0) is 9.63 Å². The average Bonchev–Trinajstić information content (AvgIpc) is 2.68. The summed E-state index contributed by atoms with van der Waals surface area (Å²) in [7, 11) is 0. The number of amides is 2. The Hall–Kier alpha value is -2.58. The molecule has 0 spiro atoms. The van der Waals surface area contributed by atoms with Gasteiger partial charge < -0.3 is 5.32 Å². The summed E-state index contributed by atoms with van der Waals surface area (Å²) in [4.78, 5) is 32.4. The van der Waals surface area contributed by atoms with Crippen molar-refractivity contribution in [3.8, 4) is 0 Å². The molecule has 0 aliphatic rings. The molecule has 2 aromatic rings. The molecule has 1 aromatic heterocycles. The zero-order chi connectivity index (χ0) is 20.7. The van der Waals surface area contributed by atoms with Gasteiger partial charge >= 0.3 is 0 Å². The molecule has 2 rings (SSSR count). The predicted molar refractivity (Wildman–Crippen MR) is 101 cm³/mol. The summed E-state index contributed by atoms with van der Waals surface area (Å²) < 4.78 is 28.8. The highest BCUT2D eigenvalue weighted by Gasteiger charge is 2.44. The molecule has 0 aliphatic heterocycles. The van der Waals surface area contributed by atoms with Crippen molar-refractivity contribution in [2.45, 2.75) is 31.8 Å². The van der Waals surface area contributed by atoms with Crippen LogP contribution in [0.1, 0.15) is 35.7 Å². The molecule has 0 bridgehead atoms. The minimum absolute atomic E-state index is 0.220. The molecule has 0 fully saturated rings. The maximum atomic E-state index is 14.4. The van der Waals surface area contributed by atoms with Crippen LogP contribution >= 0.6 is 11.6 Å². The summed E-state index contributed by atoms with van der Waals surface area (Å²) in [6.07, 6.45) is -0.361. The molecule has 0 radical (unpaired) electrons. The molecule has 2 N–H and O–H groups in total. The van der Waals surface area contributed by atoms with E-state index in [1.54, 1.807) is 18.2 Å². The first kappa shape index (κ1) is 21.7. The van der Waals surface area contributed by atoms with Gasteiger partial charge in [-0.1, -0.05) is 25.1 Å². The third-order valence-corrected chi connectivity index (χ3v) is 4.33. The molecular formula is C19H20ClF2N3O3. The first-order valence-corrected chi connectivity index (χ1v) is 8.96. The number of benzene rings is 1. The lowest BCUT2D eigenvalue weighted by Gasteiger charge is -2.30. The molecule has 2 atom stereocenters. The van der Waals surface area contributed by atoms with Crippen molar-refractivity contribution in [3.05, 3.63) is 59.8 Å². The standard InChI is InChI=1S/C19H20ClF2N3O3/c1-12(15-8-9-23-16(10-15)24-13(2)26)17(19(21,22)11-20)28-25-18(27)14-6-4-3-5-7-14/h3-10,12,17H,11H2,1-2H3,(H,25,27)(H,23,24,26). The zero-order valence-electron chi connectivity index (χ0n) is 15.3. The molecule has 9 heteroatoms. The molecule has 0 aliphatic carbocycles. The van der Waals surface area contributed by atoms with Crippen molar-refractivity contribution in [2.75, 3.05) is 11.2 Å². The van der Waals surface area contributed by atoms with Crippen LogP contribution in [0.5, 0.6) is 0 Å². The fourth-order valence-corrected chi connectivity index (χ4v) is 2.70. The summed E-state index contributed by atoms with van der Waals surface area (Å²) in [5.74, 6) is -6.07. The van der Waals surface area contributed by atoms with Gasteiger partial charge in [0.05, 0.1) is 5.88 Å². The van der Waals surface area contributed by atoms with Crippen LogP contribution in [0.15, 0.2) is 48.7 Å². The summed E-state index contributed by atoms with van der Waals surface area (Å²) in [6.45, 7) is 2.82. The quantitative estimate of drug-likeness (QED) is 0.512. The molecule has 1 heterocycles. The van der Waals surface area contributed by atoms with Crippen LogP contribution in [0.2, 0.25) is 0 Å². The molecule has 1 aromatic carbocycles. The number of aromatic nitrogens is 1. The second-order valence-corrected chi connectivity index (χ2v) is 6.44. The molecule has 0 saturated carbocycles. The third-order valence-electron chi connectivity index (χ3n) is 3.98. The van der Waals surface area contributed by atoms with E-state index in [1.807, 2.05) is 0 Å². The second-order valence-electron chi connectivity index (χ2n) is 6.17. The van der Waals surface area contributed by atoms with Gasteiger partial charge in [0.15, 0.2) is 6.10 Å². The average molecular weight is 412 g/mol. The van der Waals surface area contributed by atoms with Gasteiger partial charge in [0, 0.05) is 24.6 Å². The molecule has 28 heavy (non-hydrogen) atoms. The van der Waals surface area contributed by atoms with Crippen LogP contribution in [-0.4, -0.2) is 34.7 Å². The minimum Gasteiger partial charge on any atom is -0.311 e. The number of hydroxylamine groups is 1. The molecule has 6 nitrogen and oxygen atoms in total. The normalized spacial score (nSPS) is 13.5. The first-order chi connectivity index (χ1) is 13.2. The summed E-state index contributed by atoms with van der Waals surface area (Å²) >= 11 is 5.44. The van der Waals surface area contributed by atoms with E-state index < -0.39 is 29.7 Å². The van der Waals surface area contributed by atoms with E-state index in [-0.39, 0.29) is 17.3 Å². The highest BCUT2D eigenvalue weighted by Crippen LogP contribution is 2.34. The number of nitrogens with one attached hydrogen (secondary N) is 2. The van der Waals surface area contributed by atoms with Gasteiger partial charge in [-0.2, -0.15) is 0 Å². The SMILES string of the molecule is CC(=O)Nc1cc(C(C)C(ONC(=O)c2ccccc2)C(F)(F)CCl)ccn1. The number of halogens is 3. The van der Waals surface area contributed by atoms with E-state index in [0.717, 1.165) is 0 Å². The van der Waals surface area contributed by atoms with Crippen molar-refractivity contribution >= 4 is 29.2 Å². The highest BCUT2D eigenvalue weighted by molar-refractivity contribution is 6.18. The van der Waals surface area contributed by atoms with Gasteiger partial charge in [0.2, 0.25) is 5.91 Å². The van der Waals surface area contributed by atoms with Gasteiger partial charge in [0.1, 0.15) is 5.82 Å². The minimum atomic E-state index is -3.43. The number of carbonyl (C=O) groups is 2. The van der Waals surface area contributed by atoms with Gasteiger partial charge in [-0.15, -0.1) is 11.6 Å². The van der Waals surface area contributed by atoms with Gasteiger partial charge in [-0.05, 0) is 29.8 Å². The van der Waals surface area contributed by atoms with Crippen LogP contribution in [0.25, 0.3) is 0 Å². The second kappa shape index (κ2) is 9.57. The Labute approximate surface area is 166 Å². The van der Waals surface area contributed by atoms with Crippen molar-refractivity contribution < 1.29 is 23.2 Å². The van der Waals surface area contributed by atoms with Crippen LogP contribution in [0, 0.1) is 0 Å². The Morgan fingerprint density at radius 3 is 2.54 bits per heavy atom. The van der Waals surface area contributed by atoms with Crippen LogP contribution in [0.3, 0.4) is 0 Å². The van der Waals surface area contributed by atoms with Crippen molar-refractivity contribution in [2.24, 2.45) is 0 Å². The summed E-state index contributed by atoms with van der Waals surface area (Å²) in [5.41, 5.74) is 2.77. The van der Waals surface area contributed by atoms with E-state index in [9.17, 15) is 18.4 Å². The Kier molecular flexibility index (Phi) is 7.42. The van der Waals surface area contributed by atoms with Gasteiger partial charge in [-0.25, -0.2) is 19.2 Å². The number of rotatable bonds is 8. The van der Waals surface area contributed by atoms with E-state index in [2.05, 4.69) is 15.8 Å². The lowest BCUT2D eigenvalue weighted by Crippen LogP contribution is -2.45. The Balaban J connectivity index is 2.20. The number of nitrogens with zero attached hydrogens (tertiary/aromatic N) is 1. The predicted octanol–water partition coefficient (Wildman–Crippen LogP) is 3.75. The van der Waals surface area contributed by atoms with Crippen molar-refractivity contribution in [1.29, 1.82) is 0 Å². The number of anilines is 1. The molecule has 0 saturated heterocycles. The fourth-order valence-electron chi connectivity index (χ4n) is 2.55. The van der Waals surface area contributed by atoms with Crippen LogP contribution in [0.4, 0.5) is 14.6 Å². The highest BCUT2D eigenvalue weighted by atomic mass is 35.5. The number of alkyl halides is 3. The Morgan fingerprint density at radius 1 is 1.25 bits per heavy atom. The lowest BCUT2D eigenvalue weighted by atomic mass is 9.92. The third kappa shape index (κ3) is 5.71. The Bertz CT molecular complexity index is 821. The smallest absolute Gasteiger partial charge is 0.290 e. The number of carbonyl (C=O) groups excluding carboxylic acids is 2. The maximum Gasteiger partial charge on any atom is 0.290 e. The monoisotopic (exact) mass is 411 g/mol. The Morgan fingerprint density at radius 2 is 1.93 bits per heavy atom. The summed E-state index contributed by atoms with van der Waals surface area (Å²) in [5, 5.41) is 2.49. The number of hydrogen-bond donors (Lipinski definition) is 2. The van der Waals surface area contributed by atoms with Crippen LogP contribution < -0.4 is 10.8 Å². The zero-order valence-corrected chi connectivity index (χ0v) is 16.0. The first-order valence-electron chi connectivity index (χ1n) is 8.43. The molecular weight excluding hydrogens is 392 g/mol. The van der Waals surface area contributed by atoms with E-state index in [1.165, 1.54) is 44.3 Å². The largest absolute Gasteiger partial charge is 0.311 e. The summed E-state index contributed by atoms with van der Waals surface area (Å²) in [6, 6.07) is 11.0.